The van der Waals surface area contributed by atoms with Crippen molar-refractivity contribution in [1.29, 1.82) is 0 Å². The van der Waals surface area contributed by atoms with E-state index in [4.69, 9.17) is 16.0 Å². The standard InChI is InChI=1S/C15H11ClO2/c16-15-13(8-9-18-15)14(17)12-7-3-5-10-4-1-2-6-11(10)12/h1-9,14,17H. The molecule has 0 aliphatic rings. The lowest BCUT2D eigenvalue weighted by molar-refractivity contribution is 0.221. The van der Waals surface area contributed by atoms with E-state index < -0.39 is 6.10 Å². The van der Waals surface area contributed by atoms with Crippen LogP contribution in [-0.4, -0.2) is 5.11 Å². The monoisotopic (exact) mass is 258 g/mol. The molecule has 0 aliphatic carbocycles. The predicted octanol–water partition coefficient (Wildman–Crippen LogP) is 4.17. The highest BCUT2D eigenvalue weighted by molar-refractivity contribution is 6.29. The third-order valence-corrected chi connectivity index (χ3v) is 3.37. The van der Waals surface area contributed by atoms with Gasteiger partial charge in [-0.1, -0.05) is 42.5 Å². The van der Waals surface area contributed by atoms with Crippen LogP contribution in [0.1, 0.15) is 17.2 Å². The molecule has 3 rings (SSSR count). The molecule has 0 bridgehead atoms. The molecule has 0 radical (unpaired) electrons. The second-order valence-electron chi connectivity index (χ2n) is 4.12. The van der Waals surface area contributed by atoms with Crippen LogP contribution in [0.3, 0.4) is 0 Å². The Morgan fingerprint density at radius 1 is 0.944 bits per heavy atom. The van der Waals surface area contributed by atoms with Crippen molar-refractivity contribution in [2.24, 2.45) is 0 Å². The van der Waals surface area contributed by atoms with E-state index in [-0.39, 0.29) is 5.22 Å². The van der Waals surface area contributed by atoms with E-state index in [0.29, 0.717) is 5.56 Å². The summed E-state index contributed by atoms with van der Waals surface area (Å²) in [5.74, 6) is 0. The van der Waals surface area contributed by atoms with Gasteiger partial charge < -0.3 is 9.52 Å². The first-order valence-corrected chi connectivity index (χ1v) is 6.04. The van der Waals surface area contributed by atoms with Crippen LogP contribution in [0.4, 0.5) is 0 Å². The maximum absolute atomic E-state index is 10.4. The lowest BCUT2D eigenvalue weighted by Gasteiger charge is -2.12. The van der Waals surface area contributed by atoms with E-state index in [1.54, 1.807) is 6.07 Å². The van der Waals surface area contributed by atoms with Crippen molar-refractivity contribution in [2.75, 3.05) is 0 Å². The van der Waals surface area contributed by atoms with Crippen LogP contribution < -0.4 is 0 Å². The highest BCUT2D eigenvalue weighted by Gasteiger charge is 2.17. The Labute approximate surface area is 109 Å². The number of benzene rings is 2. The molecule has 0 saturated carbocycles. The summed E-state index contributed by atoms with van der Waals surface area (Å²) >= 11 is 5.91. The van der Waals surface area contributed by atoms with E-state index in [0.717, 1.165) is 16.3 Å². The number of hydrogen-bond donors (Lipinski definition) is 1. The number of furan rings is 1. The minimum atomic E-state index is -0.776. The molecular formula is C15H11ClO2. The van der Waals surface area contributed by atoms with Crippen LogP contribution in [0.5, 0.6) is 0 Å². The summed E-state index contributed by atoms with van der Waals surface area (Å²) in [5.41, 5.74) is 1.42. The van der Waals surface area contributed by atoms with Gasteiger partial charge in [0.1, 0.15) is 6.10 Å². The Morgan fingerprint density at radius 3 is 2.50 bits per heavy atom. The van der Waals surface area contributed by atoms with Gasteiger partial charge in [-0.2, -0.15) is 0 Å². The Kier molecular flexibility index (Phi) is 2.82. The summed E-state index contributed by atoms with van der Waals surface area (Å²) in [6.07, 6.45) is 0.703. The Morgan fingerprint density at radius 2 is 1.72 bits per heavy atom. The molecule has 0 spiro atoms. The van der Waals surface area contributed by atoms with Gasteiger partial charge in [-0.3, -0.25) is 0 Å². The Hall–Kier alpha value is -1.77. The van der Waals surface area contributed by atoms with Gasteiger partial charge in [0.2, 0.25) is 0 Å². The van der Waals surface area contributed by atoms with Gasteiger partial charge in [0.05, 0.1) is 6.26 Å². The first kappa shape index (κ1) is 11.3. The molecule has 18 heavy (non-hydrogen) atoms. The smallest absolute Gasteiger partial charge is 0.199 e. The highest BCUT2D eigenvalue weighted by Crippen LogP contribution is 2.32. The van der Waals surface area contributed by atoms with Crippen LogP contribution in [-0.2, 0) is 0 Å². The minimum Gasteiger partial charge on any atom is -0.453 e. The number of rotatable bonds is 2. The highest BCUT2D eigenvalue weighted by atomic mass is 35.5. The maximum Gasteiger partial charge on any atom is 0.199 e. The van der Waals surface area contributed by atoms with Crippen LogP contribution in [0.25, 0.3) is 10.8 Å². The summed E-state index contributed by atoms with van der Waals surface area (Å²) in [6, 6.07) is 15.5. The van der Waals surface area contributed by atoms with Crippen molar-refractivity contribution in [1.82, 2.24) is 0 Å². The van der Waals surface area contributed by atoms with Gasteiger partial charge in [0, 0.05) is 5.56 Å². The first-order chi connectivity index (χ1) is 8.77. The largest absolute Gasteiger partial charge is 0.453 e. The van der Waals surface area contributed by atoms with Crippen molar-refractivity contribution in [3.63, 3.8) is 0 Å². The second-order valence-corrected chi connectivity index (χ2v) is 4.46. The topological polar surface area (TPSA) is 33.4 Å². The molecule has 1 heterocycles. The number of hydrogen-bond acceptors (Lipinski definition) is 2. The summed E-state index contributed by atoms with van der Waals surface area (Å²) in [6.45, 7) is 0. The van der Waals surface area contributed by atoms with Crippen molar-refractivity contribution in [2.45, 2.75) is 6.10 Å². The normalized spacial score (nSPS) is 12.8. The fourth-order valence-corrected chi connectivity index (χ4v) is 2.37. The molecule has 2 nitrogen and oxygen atoms in total. The average Bonchev–Trinajstić information content (AvgIpc) is 2.83. The number of aliphatic hydroxyl groups is 1. The van der Waals surface area contributed by atoms with Gasteiger partial charge in [-0.25, -0.2) is 0 Å². The molecular weight excluding hydrogens is 248 g/mol. The van der Waals surface area contributed by atoms with Gasteiger partial charge in [-0.15, -0.1) is 0 Å². The van der Waals surface area contributed by atoms with E-state index in [2.05, 4.69) is 0 Å². The third kappa shape index (κ3) is 1.80. The molecule has 1 aromatic heterocycles. The predicted molar refractivity (Wildman–Crippen MR) is 71.7 cm³/mol. The fourth-order valence-electron chi connectivity index (χ4n) is 2.16. The lowest BCUT2D eigenvalue weighted by atomic mass is 9.97. The van der Waals surface area contributed by atoms with Crippen molar-refractivity contribution in [3.05, 3.63) is 71.1 Å². The molecule has 1 unspecified atom stereocenters. The van der Waals surface area contributed by atoms with Crippen LogP contribution in [0.2, 0.25) is 5.22 Å². The van der Waals surface area contributed by atoms with Crippen LogP contribution in [0, 0.1) is 0 Å². The van der Waals surface area contributed by atoms with E-state index in [9.17, 15) is 5.11 Å². The van der Waals surface area contributed by atoms with E-state index in [1.807, 2.05) is 42.5 Å². The number of aliphatic hydroxyl groups excluding tert-OH is 1. The van der Waals surface area contributed by atoms with Crippen LogP contribution >= 0.6 is 11.6 Å². The molecule has 1 atom stereocenters. The maximum atomic E-state index is 10.4. The molecule has 1 N–H and O–H groups in total. The minimum absolute atomic E-state index is 0.232. The van der Waals surface area contributed by atoms with Crippen molar-refractivity contribution >= 4 is 22.4 Å². The zero-order valence-electron chi connectivity index (χ0n) is 9.51. The third-order valence-electron chi connectivity index (χ3n) is 3.06. The SMILES string of the molecule is OC(c1ccoc1Cl)c1cccc2ccccc12. The molecule has 0 fully saturated rings. The molecule has 3 aromatic rings. The molecule has 0 aliphatic heterocycles. The molecule has 2 aromatic carbocycles. The summed E-state index contributed by atoms with van der Waals surface area (Å²) < 4.78 is 5.02. The van der Waals surface area contributed by atoms with E-state index in [1.165, 1.54) is 6.26 Å². The van der Waals surface area contributed by atoms with Gasteiger partial charge in [0.15, 0.2) is 5.22 Å². The van der Waals surface area contributed by atoms with Gasteiger partial charge in [0.25, 0.3) is 0 Å². The molecule has 0 saturated heterocycles. The van der Waals surface area contributed by atoms with Gasteiger partial charge >= 0.3 is 0 Å². The molecule has 0 amide bonds. The van der Waals surface area contributed by atoms with Gasteiger partial charge in [-0.05, 0) is 34.0 Å². The Bertz CT molecular complexity index is 682. The fraction of sp³-hybridized carbons (Fsp3) is 0.0667. The molecule has 90 valence electrons. The lowest BCUT2D eigenvalue weighted by Crippen LogP contribution is -1.99. The first-order valence-electron chi connectivity index (χ1n) is 5.66. The summed E-state index contributed by atoms with van der Waals surface area (Å²) in [7, 11) is 0. The van der Waals surface area contributed by atoms with Crippen LogP contribution in [0.15, 0.2) is 59.2 Å². The quantitative estimate of drug-likeness (QED) is 0.748. The Balaban J connectivity index is 2.18. The van der Waals surface area contributed by atoms with E-state index >= 15 is 0 Å². The molecule has 3 heteroatoms. The zero-order valence-corrected chi connectivity index (χ0v) is 10.3. The summed E-state index contributed by atoms with van der Waals surface area (Å²) in [4.78, 5) is 0. The number of halogens is 1. The second kappa shape index (κ2) is 4.48. The zero-order chi connectivity index (χ0) is 12.5. The van der Waals surface area contributed by atoms with Crippen molar-refractivity contribution in [3.8, 4) is 0 Å². The summed E-state index contributed by atoms with van der Waals surface area (Å²) in [5, 5.41) is 12.8. The van der Waals surface area contributed by atoms with Crippen molar-refractivity contribution < 1.29 is 9.52 Å². The number of fused-ring (bicyclic) bond motifs is 1. The average molecular weight is 259 g/mol.